The van der Waals surface area contributed by atoms with Crippen LogP contribution < -0.4 is 5.32 Å². The van der Waals surface area contributed by atoms with Gasteiger partial charge in [0.05, 0.1) is 0 Å². The summed E-state index contributed by atoms with van der Waals surface area (Å²) in [6.07, 6.45) is 4.81. The van der Waals surface area contributed by atoms with Crippen LogP contribution in [-0.4, -0.2) is 51.9 Å². The van der Waals surface area contributed by atoms with Crippen molar-refractivity contribution in [2.24, 2.45) is 0 Å². The third kappa shape index (κ3) is 4.27. The molecule has 1 heterocycles. The topological polar surface area (TPSA) is 46.0 Å². The SMILES string of the molecule is CCCNC(Cc1ncnn1C(C)C)C(C)(CC)N(C)C. The minimum Gasteiger partial charge on any atom is -0.312 e. The van der Waals surface area contributed by atoms with Crippen molar-refractivity contribution in [2.45, 2.75) is 71.5 Å². The van der Waals surface area contributed by atoms with Crippen molar-refractivity contribution < 1.29 is 0 Å². The van der Waals surface area contributed by atoms with Gasteiger partial charge in [-0.2, -0.15) is 5.10 Å². The van der Waals surface area contributed by atoms with E-state index >= 15 is 0 Å². The zero-order chi connectivity index (χ0) is 16.0. The van der Waals surface area contributed by atoms with Gasteiger partial charge in [-0.15, -0.1) is 0 Å². The number of nitrogens with one attached hydrogen (secondary N) is 1. The summed E-state index contributed by atoms with van der Waals surface area (Å²) in [5.41, 5.74) is 0.100. The molecular formula is C16H33N5. The van der Waals surface area contributed by atoms with Gasteiger partial charge in [-0.1, -0.05) is 13.8 Å². The maximum Gasteiger partial charge on any atom is 0.138 e. The van der Waals surface area contributed by atoms with Gasteiger partial charge < -0.3 is 10.2 Å². The highest BCUT2D eigenvalue weighted by molar-refractivity contribution is 5.01. The van der Waals surface area contributed by atoms with Gasteiger partial charge in [-0.05, 0) is 54.3 Å². The number of likely N-dealkylation sites (N-methyl/N-ethyl adjacent to an activating group) is 1. The summed E-state index contributed by atoms with van der Waals surface area (Å²) in [5, 5.41) is 8.09. The van der Waals surface area contributed by atoms with E-state index in [-0.39, 0.29) is 5.54 Å². The molecule has 2 atom stereocenters. The molecule has 0 spiro atoms. The van der Waals surface area contributed by atoms with Gasteiger partial charge in [0, 0.05) is 24.0 Å². The molecule has 0 radical (unpaired) electrons. The number of nitrogens with zero attached hydrogens (tertiary/aromatic N) is 4. The monoisotopic (exact) mass is 295 g/mol. The van der Waals surface area contributed by atoms with E-state index in [1.165, 1.54) is 0 Å². The molecule has 0 aliphatic carbocycles. The average molecular weight is 295 g/mol. The quantitative estimate of drug-likeness (QED) is 0.760. The molecule has 5 heteroatoms. The van der Waals surface area contributed by atoms with Crippen LogP contribution in [-0.2, 0) is 6.42 Å². The standard InChI is InChI=1S/C16H33N5/c1-8-10-17-14(16(5,9-2)20(6)7)11-15-18-12-19-21(15)13(3)4/h12-14,17H,8-11H2,1-7H3. The summed E-state index contributed by atoms with van der Waals surface area (Å²) in [4.78, 5) is 6.82. The van der Waals surface area contributed by atoms with Crippen LogP contribution in [0.25, 0.3) is 0 Å². The predicted molar refractivity (Wildman–Crippen MR) is 88.6 cm³/mol. The van der Waals surface area contributed by atoms with Crippen LogP contribution in [0.5, 0.6) is 0 Å². The van der Waals surface area contributed by atoms with Gasteiger partial charge in [0.1, 0.15) is 12.2 Å². The number of rotatable bonds is 9. The highest BCUT2D eigenvalue weighted by Crippen LogP contribution is 2.24. The molecule has 1 N–H and O–H groups in total. The van der Waals surface area contributed by atoms with Crippen molar-refractivity contribution in [2.75, 3.05) is 20.6 Å². The van der Waals surface area contributed by atoms with Gasteiger partial charge in [0.15, 0.2) is 0 Å². The van der Waals surface area contributed by atoms with E-state index in [0.717, 1.165) is 31.6 Å². The van der Waals surface area contributed by atoms with Gasteiger partial charge >= 0.3 is 0 Å². The summed E-state index contributed by atoms with van der Waals surface area (Å²) in [6.45, 7) is 12.1. The second-order valence-corrected chi connectivity index (χ2v) is 6.53. The van der Waals surface area contributed by atoms with Crippen molar-refractivity contribution in [1.82, 2.24) is 25.0 Å². The number of hydrogen-bond donors (Lipinski definition) is 1. The first-order chi connectivity index (χ1) is 9.86. The lowest BCUT2D eigenvalue weighted by atomic mass is 9.85. The summed E-state index contributed by atoms with van der Waals surface area (Å²) in [5.74, 6) is 1.07. The van der Waals surface area contributed by atoms with E-state index in [9.17, 15) is 0 Å². The lowest BCUT2D eigenvalue weighted by Crippen LogP contribution is -2.58. The van der Waals surface area contributed by atoms with E-state index in [1.54, 1.807) is 6.33 Å². The molecule has 0 aromatic carbocycles. The molecule has 122 valence electrons. The molecule has 0 aliphatic heterocycles. The molecule has 5 nitrogen and oxygen atoms in total. The zero-order valence-electron chi connectivity index (χ0n) is 14.8. The van der Waals surface area contributed by atoms with E-state index in [4.69, 9.17) is 0 Å². The van der Waals surface area contributed by atoms with Gasteiger partial charge in [-0.25, -0.2) is 9.67 Å². The molecule has 0 bridgehead atoms. The minimum atomic E-state index is 0.100. The van der Waals surface area contributed by atoms with Crippen LogP contribution in [0.15, 0.2) is 6.33 Å². The number of hydrogen-bond acceptors (Lipinski definition) is 4. The maximum atomic E-state index is 4.49. The van der Waals surface area contributed by atoms with Crippen LogP contribution in [0.1, 0.15) is 59.3 Å². The fraction of sp³-hybridized carbons (Fsp3) is 0.875. The van der Waals surface area contributed by atoms with Crippen LogP contribution in [0.3, 0.4) is 0 Å². The van der Waals surface area contributed by atoms with Crippen molar-refractivity contribution in [3.63, 3.8) is 0 Å². The molecule has 0 saturated carbocycles. The summed E-state index contributed by atoms with van der Waals surface area (Å²) < 4.78 is 2.03. The highest BCUT2D eigenvalue weighted by Gasteiger charge is 2.35. The Labute approximate surface area is 130 Å². The van der Waals surface area contributed by atoms with Gasteiger partial charge in [0.2, 0.25) is 0 Å². The Morgan fingerprint density at radius 3 is 2.48 bits per heavy atom. The Morgan fingerprint density at radius 1 is 1.33 bits per heavy atom. The first-order valence-corrected chi connectivity index (χ1v) is 8.16. The Morgan fingerprint density at radius 2 is 2.00 bits per heavy atom. The lowest BCUT2D eigenvalue weighted by Gasteiger charge is -2.43. The third-order valence-electron chi connectivity index (χ3n) is 4.65. The first-order valence-electron chi connectivity index (χ1n) is 8.16. The molecule has 1 aromatic rings. The van der Waals surface area contributed by atoms with Crippen LogP contribution in [0.4, 0.5) is 0 Å². The van der Waals surface area contributed by atoms with E-state index < -0.39 is 0 Å². The summed E-state index contributed by atoms with van der Waals surface area (Å²) in [6, 6.07) is 0.709. The van der Waals surface area contributed by atoms with Gasteiger partial charge in [-0.3, -0.25) is 0 Å². The largest absolute Gasteiger partial charge is 0.312 e. The van der Waals surface area contributed by atoms with Gasteiger partial charge in [0.25, 0.3) is 0 Å². The molecule has 21 heavy (non-hydrogen) atoms. The summed E-state index contributed by atoms with van der Waals surface area (Å²) in [7, 11) is 4.33. The molecule has 1 aromatic heterocycles. The molecule has 0 aliphatic rings. The third-order valence-corrected chi connectivity index (χ3v) is 4.65. The second-order valence-electron chi connectivity index (χ2n) is 6.53. The Kier molecular flexibility index (Phi) is 6.81. The Bertz CT molecular complexity index is 413. The zero-order valence-corrected chi connectivity index (χ0v) is 14.8. The molecule has 0 saturated heterocycles. The van der Waals surface area contributed by atoms with Crippen molar-refractivity contribution in [3.05, 3.63) is 12.2 Å². The Balaban J connectivity index is 3.00. The van der Waals surface area contributed by atoms with Crippen LogP contribution >= 0.6 is 0 Å². The summed E-state index contributed by atoms with van der Waals surface area (Å²) >= 11 is 0. The molecule has 0 fully saturated rings. The van der Waals surface area contributed by atoms with Crippen molar-refractivity contribution in [1.29, 1.82) is 0 Å². The number of aromatic nitrogens is 3. The Hall–Kier alpha value is -0.940. The first kappa shape index (κ1) is 18.1. The molecule has 0 amide bonds. The highest BCUT2D eigenvalue weighted by atomic mass is 15.3. The fourth-order valence-electron chi connectivity index (χ4n) is 2.74. The lowest BCUT2D eigenvalue weighted by molar-refractivity contribution is 0.110. The van der Waals surface area contributed by atoms with E-state index in [1.807, 2.05) is 4.68 Å². The van der Waals surface area contributed by atoms with Crippen LogP contribution in [0, 0.1) is 0 Å². The second kappa shape index (κ2) is 7.90. The van der Waals surface area contributed by atoms with E-state index in [0.29, 0.717) is 12.1 Å². The van der Waals surface area contributed by atoms with E-state index in [2.05, 4.69) is 69.0 Å². The molecule has 2 unspecified atom stereocenters. The van der Waals surface area contributed by atoms with Crippen LogP contribution in [0.2, 0.25) is 0 Å². The van der Waals surface area contributed by atoms with Crippen molar-refractivity contribution >= 4 is 0 Å². The minimum absolute atomic E-state index is 0.100. The molecular weight excluding hydrogens is 262 g/mol. The van der Waals surface area contributed by atoms with Crippen molar-refractivity contribution in [3.8, 4) is 0 Å². The normalized spacial score (nSPS) is 16.4. The fourth-order valence-corrected chi connectivity index (χ4v) is 2.74. The smallest absolute Gasteiger partial charge is 0.138 e. The maximum absolute atomic E-state index is 4.49. The average Bonchev–Trinajstić information content (AvgIpc) is 2.90. The molecule has 1 rings (SSSR count). The predicted octanol–water partition coefficient (Wildman–Crippen LogP) is 2.50.